The van der Waals surface area contributed by atoms with Crippen LogP contribution in [0.25, 0.3) is 11.0 Å². The molecule has 0 aromatic carbocycles. The number of ether oxygens (including phenoxy) is 1. The van der Waals surface area contributed by atoms with Crippen LogP contribution in [0.2, 0.25) is 0 Å². The van der Waals surface area contributed by atoms with Gasteiger partial charge in [-0.2, -0.15) is 5.10 Å². The topological polar surface area (TPSA) is 111 Å². The van der Waals surface area contributed by atoms with Gasteiger partial charge in [-0.3, -0.25) is 9.78 Å². The van der Waals surface area contributed by atoms with Crippen LogP contribution in [-0.4, -0.2) is 74.2 Å². The van der Waals surface area contributed by atoms with Crippen molar-refractivity contribution in [2.45, 2.75) is 18.6 Å². The molecular formula is C18H22N8O2S. The number of anilines is 1. The van der Waals surface area contributed by atoms with Gasteiger partial charge in [-0.25, -0.2) is 19.6 Å². The van der Waals surface area contributed by atoms with E-state index in [0.29, 0.717) is 26.3 Å². The minimum Gasteiger partial charge on any atom is -0.378 e. The van der Waals surface area contributed by atoms with Crippen LogP contribution in [-0.2, 0) is 11.3 Å². The maximum atomic E-state index is 12.1. The Morgan fingerprint density at radius 1 is 1.24 bits per heavy atom. The molecule has 1 fully saturated rings. The number of carbonyl (C=O) groups excluding carboxylic acids is 1. The quantitative estimate of drug-likeness (QED) is 0.447. The molecular weight excluding hydrogens is 392 g/mol. The minimum absolute atomic E-state index is 0.263. The van der Waals surface area contributed by atoms with E-state index >= 15 is 0 Å². The number of aromatic nitrogens is 6. The zero-order chi connectivity index (χ0) is 20.1. The zero-order valence-corrected chi connectivity index (χ0v) is 16.9. The molecule has 1 aliphatic heterocycles. The molecule has 0 unspecified atom stereocenters. The van der Waals surface area contributed by atoms with Crippen LogP contribution in [0.15, 0.2) is 29.9 Å². The average molecular weight is 414 g/mol. The van der Waals surface area contributed by atoms with E-state index in [4.69, 9.17) is 14.7 Å². The number of thioether (sulfide) groups is 1. The molecule has 10 nitrogen and oxygen atoms in total. The van der Waals surface area contributed by atoms with Gasteiger partial charge < -0.3 is 15.0 Å². The monoisotopic (exact) mass is 414 g/mol. The first-order valence-electron chi connectivity index (χ1n) is 9.49. The molecule has 0 bridgehead atoms. The normalized spacial score (nSPS) is 14.3. The minimum atomic E-state index is -0.263. The van der Waals surface area contributed by atoms with Gasteiger partial charge in [-0.05, 0) is 5.75 Å². The number of carbonyl (C=O) groups is 1. The fraction of sp³-hybridized carbons (Fsp3) is 0.444. The summed E-state index contributed by atoms with van der Waals surface area (Å²) < 4.78 is 7.27. The number of nitrogens with zero attached hydrogens (tertiary/aromatic N) is 7. The molecule has 3 aromatic rings. The van der Waals surface area contributed by atoms with Crippen LogP contribution < -0.4 is 10.2 Å². The van der Waals surface area contributed by atoms with Gasteiger partial charge in [0, 0.05) is 32.0 Å². The number of nitrogens with one attached hydrogen (secondary N) is 1. The van der Waals surface area contributed by atoms with Crippen LogP contribution in [0.1, 0.15) is 17.4 Å². The lowest BCUT2D eigenvalue weighted by molar-refractivity contribution is 0.0946. The standard InChI is InChI=1S/C18H22N8O2S/c1-2-29-18-23-15(25-7-9-28-10-8-25)13-11-22-26(16(13)24-18)6-5-21-17(27)14-12-19-3-4-20-14/h3-4,11-12H,2,5-10H2,1H3,(H,21,27). The van der Waals surface area contributed by atoms with Crippen molar-refractivity contribution < 1.29 is 9.53 Å². The third-order valence-electron chi connectivity index (χ3n) is 4.44. The number of hydrogen-bond donors (Lipinski definition) is 1. The molecule has 4 rings (SSSR count). The van der Waals surface area contributed by atoms with E-state index in [1.54, 1.807) is 22.6 Å². The maximum Gasteiger partial charge on any atom is 0.271 e. The van der Waals surface area contributed by atoms with Crippen LogP contribution in [0.5, 0.6) is 0 Å². The van der Waals surface area contributed by atoms with Crippen LogP contribution in [0, 0.1) is 0 Å². The predicted molar refractivity (Wildman–Crippen MR) is 109 cm³/mol. The Balaban J connectivity index is 1.53. The highest BCUT2D eigenvalue weighted by atomic mass is 32.2. The molecule has 152 valence electrons. The van der Waals surface area contributed by atoms with Crippen molar-refractivity contribution in [3.8, 4) is 0 Å². The fourth-order valence-electron chi connectivity index (χ4n) is 3.08. The van der Waals surface area contributed by atoms with E-state index in [9.17, 15) is 4.79 Å². The highest BCUT2D eigenvalue weighted by molar-refractivity contribution is 7.99. The summed E-state index contributed by atoms with van der Waals surface area (Å²) in [7, 11) is 0. The summed E-state index contributed by atoms with van der Waals surface area (Å²) in [6.45, 7) is 5.93. The molecule has 0 saturated carbocycles. The number of rotatable bonds is 7. The van der Waals surface area contributed by atoms with Gasteiger partial charge in [0.05, 0.1) is 37.5 Å². The molecule has 3 aromatic heterocycles. The van der Waals surface area contributed by atoms with Gasteiger partial charge in [0.2, 0.25) is 0 Å². The lowest BCUT2D eigenvalue weighted by Gasteiger charge is -2.28. The second-order valence-corrected chi connectivity index (χ2v) is 7.54. The van der Waals surface area contributed by atoms with Crippen LogP contribution in [0.3, 0.4) is 0 Å². The molecule has 1 saturated heterocycles. The highest BCUT2D eigenvalue weighted by Gasteiger charge is 2.20. The van der Waals surface area contributed by atoms with E-state index < -0.39 is 0 Å². The summed E-state index contributed by atoms with van der Waals surface area (Å²) >= 11 is 1.60. The smallest absolute Gasteiger partial charge is 0.271 e. The molecule has 0 spiro atoms. The molecule has 1 amide bonds. The van der Waals surface area contributed by atoms with Crippen molar-refractivity contribution in [1.29, 1.82) is 0 Å². The molecule has 0 aliphatic carbocycles. The lowest BCUT2D eigenvalue weighted by Crippen LogP contribution is -2.37. The van der Waals surface area contributed by atoms with Gasteiger partial charge >= 0.3 is 0 Å². The van der Waals surface area contributed by atoms with Gasteiger partial charge in [-0.1, -0.05) is 18.7 Å². The second kappa shape index (κ2) is 9.14. The first kappa shape index (κ1) is 19.5. The molecule has 11 heteroatoms. The summed E-state index contributed by atoms with van der Waals surface area (Å²) in [5, 5.41) is 8.97. The summed E-state index contributed by atoms with van der Waals surface area (Å²) in [6.07, 6.45) is 6.26. The number of fused-ring (bicyclic) bond motifs is 1. The fourth-order valence-corrected chi connectivity index (χ4v) is 3.64. The van der Waals surface area contributed by atoms with Gasteiger partial charge in [-0.15, -0.1) is 0 Å². The Bertz CT molecular complexity index is 975. The molecule has 0 atom stereocenters. The summed E-state index contributed by atoms with van der Waals surface area (Å²) in [4.78, 5) is 31.7. The molecule has 1 aliphatic rings. The van der Waals surface area contributed by atoms with E-state index in [1.165, 1.54) is 18.6 Å². The van der Waals surface area contributed by atoms with E-state index in [1.807, 2.05) is 0 Å². The average Bonchev–Trinajstić information content (AvgIpc) is 3.17. The van der Waals surface area contributed by atoms with Crippen molar-refractivity contribution >= 4 is 34.5 Å². The second-order valence-electron chi connectivity index (χ2n) is 6.31. The Morgan fingerprint density at radius 3 is 2.86 bits per heavy atom. The summed E-state index contributed by atoms with van der Waals surface area (Å²) in [6, 6.07) is 0. The highest BCUT2D eigenvalue weighted by Crippen LogP contribution is 2.27. The van der Waals surface area contributed by atoms with Gasteiger partial charge in [0.25, 0.3) is 5.91 Å². The Hall–Kier alpha value is -2.79. The largest absolute Gasteiger partial charge is 0.378 e. The Labute approximate surface area is 172 Å². The van der Waals surface area contributed by atoms with Crippen molar-refractivity contribution in [1.82, 2.24) is 35.0 Å². The SMILES string of the molecule is CCSc1nc(N2CCOCC2)c2cnn(CCNC(=O)c3cnccn3)c2n1. The first-order valence-corrected chi connectivity index (χ1v) is 10.5. The number of hydrogen-bond acceptors (Lipinski definition) is 9. The third-order valence-corrected chi connectivity index (χ3v) is 5.17. The number of morpholine rings is 1. The van der Waals surface area contributed by atoms with Gasteiger partial charge in [0.15, 0.2) is 10.8 Å². The van der Waals surface area contributed by atoms with E-state index in [-0.39, 0.29) is 11.6 Å². The van der Waals surface area contributed by atoms with Crippen molar-refractivity contribution in [3.05, 3.63) is 30.5 Å². The third kappa shape index (κ3) is 4.46. The van der Waals surface area contributed by atoms with Crippen molar-refractivity contribution in [2.75, 3.05) is 43.5 Å². The summed E-state index contributed by atoms with van der Waals surface area (Å²) in [5.74, 6) is 1.51. The van der Waals surface area contributed by atoms with Crippen LogP contribution in [0.4, 0.5) is 5.82 Å². The molecule has 1 N–H and O–H groups in total. The first-order chi connectivity index (χ1) is 14.3. The lowest BCUT2D eigenvalue weighted by atomic mass is 10.3. The zero-order valence-electron chi connectivity index (χ0n) is 16.1. The summed E-state index contributed by atoms with van der Waals surface area (Å²) in [5.41, 5.74) is 1.06. The Morgan fingerprint density at radius 2 is 2.10 bits per heavy atom. The number of amides is 1. The van der Waals surface area contributed by atoms with Crippen molar-refractivity contribution in [2.24, 2.45) is 0 Å². The molecule has 4 heterocycles. The van der Waals surface area contributed by atoms with Crippen molar-refractivity contribution in [3.63, 3.8) is 0 Å². The molecule has 29 heavy (non-hydrogen) atoms. The predicted octanol–water partition coefficient (Wildman–Crippen LogP) is 0.995. The maximum absolute atomic E-state index is 12.1. The van der Waals surface area contributed by atoms with E-state index in [2.05, 4.69) is 32.2 Å². The van der Waals surface area contributed by atoms with Crippen LogP contribution >= 0.6 is 11.8 Å². The van der Waals surface area contributed by atoms with E-state index in [0.717, 1.165) is 40.9 Å². The molecule has 0 radical (unpaired) electrons. The van der Waals surface area contributed by atoms with Gasteiger partial charge in [0.1, 0.15) is 11.5 Å². The Kier molecular flexibility index (Phi) is 6.15.